The van der Waals surface area contributed by atoms with Gasteiger partial charge in [-0.25, -0.2) is 4.98 Å². The molecule has 27 heavy (non-hydrogen) atoms. The molecule has 0 unspecified atom stereocenters. The van der Waals surface area contributed by atoms with Gasteiger partial charge >= 0.3 is 0 Å². The summed E-state index contributed by atoms with van der Waals surface area (Å²) >= 11 is 9.04. The van der Waals surface area contributed by atoms with E-state index in [9.17, 15) is 4.79 Å². The summed E-state index contributed by atoms with van der Waals surface area (Å²) in [6, 6.07) is 13.7. The maximum atomic E-state index is 13.0. The maximum absolute atomic E-state index is 13.0. The summed E-state index contributed by atoms with van der Waals surface area (Å²) in [7, 11) is 4.18. The minimum absolute atomic E-state index is 0.0768. The molecule has 0 spiro atoms. The molecule has 1 aromatic heterocycles. The first kappa shape index (κ1) is 20.1. The third-order valence-corrected chi connectivity index (χ3v) is 6.45. The van der Waals surface area contributed by atoms with E-state index in [1.165, 1.54) is 16.7 Å². The van der Waals surface area contributed by atoms with Crippen molar-refractivity contribution in [2.24, 2.45) is 0 Å². The van der Waals surface area contributed by atoms with E-state index in [-0.39, 0.29) is 5.91 Å². The van der Waals surface area contributed by atoms with Crippen molar-refractivity contribution in [2.45, 2.75) is 11.8 Å². The van der Waals surface area contributed by atoms with Crippen molar-refractivity contribution in [3.8, 4) is 0 Å². The molecule has 0 bridgehead atoms. The maximum Gasteiger partial charge on any atom is 0.239 e. The van der Waals surface area contributed by atoms with E-state index in [1.807, 2.05) is 35.2 Å². The van der Waals surface area contributed by atoms with Crippen molar-refractivity contribution >= 4 is 56.0 Å². The Hall–Kier alpha value is -1.60. The number of fused-ring (bicyclic) bond motifs is 1. The first-order valence-electron chi connectivity index (χ1n) is 8.78. The number of thiazole rings is 1. The second-order valence-electron chi connectivity index (χ2n) is 6.66. The minimum atomic E-state index is 0.0768. The van der Waals surface area contributed by atoms with Gasteiger partial charge in [-0.15, -0.1) is 11.8 Å². The zero-order valence-electron chi connectivity index (χ0n) is 15.7. The van der Waals surface area contributed by atoms with Gasteiger partial charge in [0.2, 0.25) is 5.91 Å². The highest BCUT2D eigenvalue weighted by Gasteiger charge is 2.21. The lowest BCUT2D eigenvalue weighted by atomic mass is 10.2. The van der Waals surface area contributed by atoms with Gasteiger partial charge in [-0.2, -0.15) is 0 Å². The van der Waals surface area contributed by atoms with Crippen LogP contribution in [0.2, 0.25) is 5.02 Å². The van der Waals surface area contributed by atoms with E-state index < -0.39 is 0 Å². The number of benzene rings is 2. The Kier molecular flexibility index (Phi) is 6.76. The topological polar surface area (TPSA) is 37.6 Å². The van der Waals surface area contributed by atoms with Crippen LogP contribution in [0.1, 0.15) is 5.56 Å². The third kappa shape index (κ3) is 5.23. The summed E-state index contributed by atoms with van der Waals surface area (Å²) < 4.78 is 1.12. The Morgan fingerprint density at radius 1 is 1.22 bits per heavy atom. The number of hydrogen-bond acceptors (Lipinski definition) is 4. The number of nitrogens with zero attached hydrogens (tertiary/aromatic N) is 2. The predicted molar refractivity (Wildman–Crippen MR) is 117 cm³/mol. The minimum Gasteiger partial charge on any atom is -0.338 e. The van der Waals surface area contributed by atoms with Crippen LogP contribution in [0.3, 0.4) is 0 Å². The standard InChI is InChI=1S/C20H22ClN3OS2/c1-14-5-4-6-17-19(14)22-20(27-17)24(12-11-23(2)3)18(25)13-26-16-9-7-15(21)8-10-16/h4-10H,11-13H2,1-3H3/p+1. The summed E-state index contributed by atoms with van der Waals surface area (Å²) in [4.78, 5) is 21.9. The number of amides is 1. The number of thioether (sulfide) groups is 1. The Morgan fingerprint density at radius 2 is 1.96 bits per heavy atom. The average Bonchev–Trinajstić information content (AvgIpc) is 3.06. The van der Waals surface area contributed by atoms with Crippen LogP contribution in [0, 0.1) is 6.92 Å². The van der Waals surface area contributed by atoms with Crippen LogP contribution in [0.25, 0.3) is 10.2 Å². The Bertz CT molecular complexity index is 925. The fourth-order valence-electron chi connectivity index (χ4n) is 2.61. The van der Waals surface area contributed by atoms with Crippen molar-refractivity contribution in [1.29, 1.82) is 0 Å². The number of anilines is 1. The molecular weight excluding hydrogens is 398 g/mol. The number of quaternary nitrogens is 1. The highest BCUT2D eigenvalue weighted by Crippen LogP contribution is 2.31. The highest BCUT2D eigenvalue weighted by atomic mass is 35.5. The number of carbonyl (C=O) groups is 1. The van der Waals surface area contributed by atoms with E-state index in [0.29, 0.717) is 17.3 Å². The van der Waals surface area contributed by atoms with Gasteiger partial charge in [0.25, 0.3) is 0 Å². The summed E-state index contributed by atoms with van der Waals surface area (Å²) in [6.45, 7) is 3.58. The zero-order valence-corrected chi connectivity index (χ0v) is 18.0. The van der Waals surface area contributed by atoms with Crippen molar-refractivity contribution in [3.05, 3.63) is 53.1 Å². The van der Waals surface area contributed by atoms with Crippen LogP contribution in [0.4, 0.5) is 5.13 Å². The number of halogens is 1. The van der Waals surface area contributed by atoms with Crippen LogP contribution in [0.5, 0.6) is 0 Å². The van der Waals surface area contributed by atoms with Gasteiger partial charge < -0.3 is 4.90 Å². The van der Waals surface area contributed by atoms with Crippen LogP contribution in [0.15, 0.2) is 47.4 Å². The number of likely N-dealkylation sites (N-methyl/N-ethyl adjacent to an activating group) is 1. The number of para-hydroxylation sites is 1. The molecule has 7 heteroatoms. The normalized spacial score (nSPS) is 11.3. The Balaban J connectivity index is 1.79. The molecule has 0 fully saturated rings. The first-order chi connectivity index (χ1) is 12.9. The lowest BCUT2D eigenvalue weighted by Gasteiger charge is -2.20. The molecule has 4 nitrogen and oxygen atoms in total. The number of rotatable bonds is 7. The second kappa shape index (κ2) is 9.06. The van der Waals surface area contributed by atoms with E-state index >= 15 is 0 Å². The monoisotopic (exact) mass is 420 g/mol. The predicted octanol–water partition coefficient (Wildman–Crippen LogP) is 3.53. The van der Waals surface area contributed by atoms with Gasteiger partial charge in [0, 0.05) is 9.92 Å². The second-order valence-corrected chi connectivity index (χ2v) is 9.16. The number of aromatic nitrogens is 1. The lowest BCUT2D eigenvalue weighted by Crippen LogP contribution is -3.06. The molecule has 0 radical (unpaired) electrons. The van der Waals surface area contributed by atoms with Crippen molar-refractivity contribution in [2.75, 3.05) is 37.8 Å². The molecule has 142 valence electrons. The molecule has 1 heterocycles. The average molecular weight is 421 g/mol. The van der Waals surface area contributed by atoms with Crippen LogP contribution in [-0.4, -0.2) is 43.8 Å². The quantitative estimate of drug-likeness (QED) is 0.594. The Morgan fingerprint density at radius 3 is 2.63 bits per heavy atom. The van der Waals surface area contributed by atoms with Gasteiger partial charge in [0.1, 0.15) is 0 Å². The van der Waals surface area contributed by atoms with Crippen molar-refractivity contribution in [3.63, 3.8) is 0 Å². The molecule has 0 saturated carbocycles. The fraction of sp³-hybridized carbons (Fsp3) is 0.300. The fourth-order valence-corrected chi connectivity index (χ4v) is 4.59. The highest BCUT2D eigenvalue weighted by molar-refractivity contribution is 8.00. The van der Waals surface area contributed by atoms with Crippen molar-refractivity contribution < 1.29 is 9.69 Å². The molecular formula is C20H23ClN3OS2+. The van der Waals surface area contributed by atoms with E-state index in [4.69, 9.17) is 16.6 Å². The molecule has 0 saturated heterocycles. The van der Waals surface area contributed by atoms with Gasteiger partial charge in [-0.05, 0) is 42.8 Å². The summed E-state index contributed by atoms with van der Waals surface area (Å²) in [5, 5.41) is 1.48. The SMILES string of the molecule is Cc1cccc2sc(N(CC[NH+](C)C)C(=O)CSc3ccc(Cl)cc3)nc12. The molecule has 1 N–H and O–H groups in total. The molecule has 3 aromatic rings. The van der Waals surface area contributed by atoms with E-state index in [0.717, 1.165) is 32.4 Å². The summed E-state index contributed by atoms with van der Waals surface area (Å²) in [5.74, 6) is 0.451. The first-order valence-corrected chi connectivity index (χ1v) is 11.0. The number of aryl methyl sites for hydroxylation is 1. The molecule has 0 aliphatic rings. The molecule has 1 amide bonds. The molecule has 0 aliphatic heterocycles. The van der Waals surface area contributed by atoms with Gasteiger partial charge in [0.05, 0.1) is 43.2 Å². The summed E-state index contributed by atoms with van der Waals surface area (Å²) in [5.41, 5.74) is 2.12. The Labute approximate surface area is 173 Å². The van der Waals surface area contributed by atoms with Gasteiger partial charge in [-0.3, -0.25) is 9.69 Å². The molecule has 2 aromatic carbocycles. The molecule has 3 rings (SSSR count). The van der Waals surface area contributed by atoms with Crippen LogP contribution in [-0.2, 0) is 4.79 Å². The van der Waals surface area contributed by atoms with Gasteiger partial charge in [0.15, 0.2) is 5.13 Å². The smallest absolute Gasteiger partial charge is 0.239 e. The number of nitrogens with one attached hydrogen (secondary N) is 1. The summed E-state index contributed by atoms with van der Waals surface area (Å²) in [6.07, 6.45) is 0. The van der Waals surface area contributed by atoms with E-state index in [2.05, 4.69) is 33.2 Å². The van der Waals surface area contributed by atoms with E-state index in [1.54, 1.807) is 11.3 Å². The third-order valence-electron chi connectivity index (χ3n) is 4.15. The number of hydrogen-bond donors (Lipinski definition) is 1. The number of carbonyl (C=O) groups excluding carboxylic acids is 1. The zero-order chi connectivity index (χ0) is 19.4. The lowest BCUT2D eigenvalue weighted by molar-refractivity contribution is -0.856. The van der Waals surface area contributed by atoms with Gasteiger partial charge in [-0.1, -0.05) is 35.1 Å². The van der Waals surface area contributed by atoms with Crippen LogP contribution >= 0.6 is 34.7 Å². The molecule has 0 aliphatic carbocycles. The molecule has 0 atom stereocenters. The van der Waals surface area contributed by atoms with Crippen LogP contribution < -0.4 is 9.80 Å². The van der Waals surface area contributed by atoms with Crippen molar-refractivity contribution in [1.82, 2.24) is 4.98 Å². The largest absolute Gasteiger partial charge is 0.338 e.